The van der Waals surface area contributed by atoms with Crippen LogP contribution in [-0.2, 0) is 9.59 Å². The van der Waals surface area contributed by atoms with Gasteiger partial charge in [-0.25, -0.2) is 0 Å². The van der Waals surface area contributed by atoms with Crippen molar-refractivity contribution in [1.82, 2.24) is 5.01 Å². The van der Waals surface area contributed by atoms with Gasteiger partial charge in [0.15, 0.2) is 0 Å². The standard InChI is InChI=1S/C20H15ClN2O3/c21-14-3-1-2-11(9-14)16-7-6-15(26-16)10-22-23-19(24)17-12-4-5-13(8-12)18(17)20(23)25/h1-7,9-10,12-13,17-18H,8H2/b22-10-/t12-,13-,17-,18+/m0/s1. The quantitative estimate of drug-likeness (QED) is 0.472. The van der Waals surface area contributed by atoms with Crippen molar-refractivity contribution >= 4 is 29.6 Å². The highest BCUT2D eigenvalue weighted by Crippen LogP contribution is 2.52. The van der Waals surface area contributed by atoms with Gasteiger partial charge in [-0.05, 0) is 42.5 Å². The van der Waals surface area contributed by atoms with E-state index in [1.54, 1.807) is 24.3 Å². The normalized spacial score (nSPS) is 29.3. The lowest BCUT2D eigenvalue weighted by Gasteiger charge is -2.13. The molecular weight excluding hydrogens is 352 g/mol. The van der Waals surface area contributed by atoms with Crippen LogP contribution in [0.4, 0.5) is 0 Å². The summed E-state index contributed by atoms with van der Waals surface area (Å²) >= 11 is 6.00. The number of rotatable bonds is 3. The van der Waals surface area contributed by atoms with Crippen LogP contribution in [0.15, 0.2) is 58.1 Å². The van der Waals surface area contributed by atoms with Crippen LogP contribution in [0.3, 0.4) is 0 Å². The molecule has 5 nitrogen and oxygen atoms in total. The highest BCUT2D eigenvalue weighted by molar-refractivity contribution is 6.30. The number of benzene rings is 1. The van der Waals surface area contributed by atoms with Gasteiger partial charge in [0.2, 0.25) is 0 Å². The summed E-state index contributed by atoms with van der Waals surface area (Å²) in [5.41, 5.74) is 0.850. The first-order valence-corrected chi connectivity index (χ1v) is 8.95. The molecule has 3 aliphatic rings. The predicted octanol–water partition coefficient (Wildman–Crippen LogP) is 3.74. The Balaban J connectivity index is 1.37. The molecule has 1 saturated heterocycles. The number of hydrogen-bond acceptors (Lipinski definition) is 4. The van der Waals surface area contributed by atoms with Crippen LogP contribution in [0, 0.1) is 23.7 Å². The lowest BCUT2D eigenvalue weighted by molar-refractivity contribution is -0.140. The second kappa shape index (κ2) is 5.68. The fourth-order valence-corrected chi connectivity index (χ4v) is 4.52. The maximum Gasteiger partial charge on any atom is 0.254 e. The van der Waals surface area contributed by atoms with E-state index in [2.05, 4.69) is 17.3 Å². The third-order valence-corrected chi connectivity index (χ3v) is 5.72. The fraction of sp³-hybridized carbons (Fsp3) is 0.250. The van der Waals surface area contributed by atoms with E-state index in [0.717, 1.165) is 17.0 Å². The van der Waals surface area contributed by atoms with Crippen molar-refractivity contribution < 1.29 is 14.0 Å². The number of furan rings is 1. The Morgan fingerprint density at radius 2 is 1.81 bits per heavy atom. The first-order valence-electron chi connectivity index (χ1n) is 8.58. The van der Waals surface area contributed by atoms with Gasteiger partial charge in [0.05, 0.1) is 18.1 Å². The third-order valence-electron chi connectivity index (χ3n) is 5.48. The molecule has 6 heteroatoms. The van der Waals surface area contributed by atoms with Crippen LogP contribution in [0.2, 0.25) is 5.02 Å². The van der Waals surface area contributed by atoms with Crippen molar-refractivity contribution in [3.8, 4) is 11.3 Å². The molecule has 0 unspecified atom stereocenters. The molecule has 1 aromatic carbocycles. The number of hydrazone groups is 1. The molecule has 2 bridgehead atoms. The summed E-state index contributed by atoms with van der Waals surface area (Å²) in [6.07, 6.45) is 6.45. The second-order valence-electron chi connectivity index (χ2n) is 6.95. The molecule has 2 amide bonds. The minimum absolute atomic E-state index is 0.180. The predicted molar refractivity (Wildman–Crippen MR) is 96.3 cm³/mol. The van der Waals surface area contributed by atoms with Crippen molar-refractivity contribution in [2.24, 2.45) is 28.8 Å². The van der Waals surface area contributed by atoms with Gasteiger partial charge in [0, 0.05) is 10.6 Å². The van der Waals surface area contributed by atoms with Crippen LogP contribution < -0.4 is 0 Å². The zero-order chi connectivity index (χ0) is 17.8. The maximum absolute atomic E-state index is 12.6. The number of fused-ring (bicyclic) bond motifs is 5. The number of nitrogens with zero attached hydrogens (tertiary/aromatic N) is 2. The number of carbonyl (C=O) groups excluding carboxylic acids is 2. The van der Waals surface area contributed by atoms with Crippen molar-refractivity contribution in [3.05, 3.63) is 59.3 Å². The Hall–Kier alpha value is -2.66. The summed E-state index contributed by atoms with van der Waals surface area (Å²) in [4.78, 5) is 25.2. The molecule has 1 aromatic heterocycles. The minimum atomic E-state index is -0.242. The highest BCUT2D eigenvalue weighted by atomic mass is 35.5. The Morgan fingerprint density at radius 3 is 2.50 bits per heavy atom. The first kappa shape index (κ1) is 15.6. The molecule has 4 atom stereocenters. The molecule has 2 fully saturated rings. The summed E-state index contributed by atoms with van der Waals surface area (Å²) in [7, 11) is 0. The molecule has 2 heterocycles. The molecule has 5 rings (SSSR count). The number of allylic oxidation sites excluding steroid dienone is 2. The van der Waals surface area contributed by atoms with E-state index in [4.69, 9.17) is 16.0 Å². The van der Waals surface area contributed by atoms with Gasteiger partial charge in [-0.3, -0.25) is 9.59 Å². The number of halogens is 1. The van der Waals surface area contributed by atoms with E-state index in [-0.39, 0.29) is 35.5 Å². The summed E-state index contributed by atoms with van der Waals surface area (Å²) in [6.45, 7) is 0. The summed E-state index contributed by atoms with van der Waals surface area (Å²) in [5.74, 6) is 0.594. The molecule has 2 aromatic rings. The first-order chi connectivity index (χ1) is 12.6. The zero-order valence-electron chi connectivity index (χ0n) is 13.7. The van der Waals surface area contributed by atoms with Gasteiger partial charge in [-0.2, -0.15) is 10.1 Å². The van der Waals surface area contributed by atoms with E-state index >= 15 is 0 Å². The van der Waals surface area contributed by atoms with Crippen molar-refractivity contribution in [1.29, 1.82) is 0 Å². The maximum atomic E-state index is 12.6. The average Bonchev–Trinajstić information content (AvgIpc) is 3.39. The topological polar surface area (TPSA) is 62.9 Å². The van der Waals surface area contributed by atoms with E-state index in [0.29, 0.717) is 16.5 Å². The molecule has 1 aliphatic heterocycles. The third kappa shape index (κ3) is 2.27. The van der Waals surface area contributed by atoms with Gasteiger partial charge in [0.1, 0.15) is 11.5 Å². The van der Waals surface area contributed by atoms with E-state index < -0.39 is 0 Å². The molecule has 130 valence electrons. The smallest absolute Gasteiger partial charge is 0.254 e. The van der Waals surface area contributed by atoms with Crippen LogP contribution in [0.25, 0.3) is 11.3 Å². The highest BCUT2D eigenvalue weighted by Gasteiger charge is 2.59. The second-order valence-corrected chi connectivity index (χ2v) is 7.38. The van der Waals surface area contributed by atoms with E-state index in [9.17, 15) is 9.59 Å². The summed E-state index contributed by atoms with van der Waals surface area (Å²) in [5, 5.41) is 5.76. The van der Waals surface area contributed by atoms with Crippen LogP contribution in [0.1, 0.15) is 12.2 Å². The van der Waals surface area contributed by atoms with Gasteiger partial charge < -0.3 is 4.42 Å². The van der Waals surface area contributed by atoms with Crippen molar-refractivity contribution in [2.75, 3.05) is 0 Å². The van der Waals surface area contributed by atoms with Gasteiger partial charge in [0.25, 0.3) is 11.8 Å². The lowest BCUT2D eigenvalue weighted by Crippen LogP contribution is -2.28. The van der Waals surface area contributed by atoms with Gasteiger partial charge in [-0.15, -0.1) is 0 Å². The fourth-order valence-electron chi connectivity index (χ4n) is 4.33. The number of imide groups is 1. The molecule has 26 heavy (non-hydrogen) atoms. The zero-order valence-corrected chi connectivity index (χ0v) is 14.5. The van der Waals surface area contributed by atoms with Crippen LogP contribution >= 0.6 is 11.6 Å². The monoisotopic (exact) mass is 366 g/mol. The van der Waals surface area contributed by atoms with E-state index in [1.165, 1.54) is 6.21 Å². The van der Waals surface area contributed by atoms with Gasteiger partial charge >= 0.3 is 0 Å². The molecule has 0 radical (unpaired) electrons. The number of amides is 2. The Bertz CT molecular complexity index is 947. The summed E-state index contributed by atoms with van der Waals surface area (Å²) in [6, 6.07) is 10.9. The van der Waals surface area contributed by atoms with Crippen molar-refractivity contribution in [2.45, 2.75) is 6.42 Å². The van der Waals surface area contributed by atoms with Crippen LogP contribution in [0.5, 0.6) is 0 Å². The number of hydrogen-bond donors (Lipinski definition) is 0. The van der Waals surface area contributed by atoms with Crippen molar-refractivity contribution in [3.63, 3.8) is 0 Å². The molecule has 2 aliphatic carbocycles. The van der Waals surface area contributed by atoms with E-state index in [1.807, 2.05) is 12.1 Å². The molecule has 1 saturated carbocycles. The Kier molecular flexibility index (Phi) is 3.40. The molecular formula is C20H15ClN2O3. The lowest BCUT2D eigenvalue weighted by atomic mass is 9.85. The van der Waals surface area contributed by atoms with Gasteiger partial charge in [-0.1, -0.05) is 35.9 Å². The SMILES string of the molecule is O=C1[C@@H]2[C@H](C(=O)N1/N=C\c1ccc(-c3cccc(Cl)c3)o1)[C@H]1C=C[C@H]2C1. The van der Waals surface area contributed by atoms with Crippen LogP contribution in [-0.4, -0.2) is 23.0 Å². The average molecular weight is 367 g/mol. The number of carbonyl (C=O) groups is 2. The largest absolute Gasteiger partial charge is 0.455 e. The molecule has 0 spiro atoms. The summed E-state index contributed by atoms with van der Waals surface area (Å²) < 4.78 is 5.73. The minimum Gasteiger partial charge on any atom is -0.455 e. The molecule has 0 N–H and O–H groups in total. The Labute approximate surface area is 154 Å². The Morgan fingerprint density at radius 1 is 1.08 bits per heavy atom.